The molecular formula is C24H22ClFN6O. The predicted molar refractivity (Wildman–Crippen MR) is 129 cm³/mol. The number of aryl methyl sites for hydroxylation is 1. The molecule has 0 bridgehead atoms. The van der Waals surface area contributed by atoms with Crippen LogP contribution in [0, 0.1) is 12.7 Å². The molecule has 33 heavy (non-hydrogen) atoms. The lowest BCUT2D eigenvalue weighted by molar-refractivity contribution is -0.120. The number of anilines is 2. The van der Waals surface area contributed by atoms with Gasteiger partial charge in [-0.2, -0.15) is 5.10 Å². The summed E-state index contributed by atoms with van der Waals surface area (Å²) in [5, 5.41) is 8.78. The van der Waals surface area contributed by atoms with Crippen LogP contribution in [0.15, 0.2) is 30.6 Å². The maximum Gasteiger partial charge on any atom is 0.250 e. The first kappa shape index (κ1) is 20.4. The highest BCUT2D eigenvalue weighted by Gasteiger charge is 2.41. The number of aromatic nitrogens is 3. The largest absolute Gasteiger partial charge is 0.355 e. The monoisotopic (exact) mass is 464 g/mol. The molecule has 0 unspecified atom stereocenters. The van der Waals surface area contributed by atoms with Crippen molar-refractivity contribution in [1.29, 1.82) is 0 Å². The van der Waals surface area contributed by atoms with Crippen molar-refractivity contribution in [2.75, 3.05) is 43.5 Å². The summed E-state index contributed by atoms with van der Waals surface area (Å²) in [6, 6.07) is 5.31. The topological polar surface area (TPSA) is 68.4 Å². The number of hydrogen-bond acceptors (Lipinski definition) is 5. The van der Waals surface area contributed by atoms with Gasteiger partial charge in [-0.25, -0.2) is 4.39 Å². The van der Waals surface area contributed by atoms with Crippen LogP contribution in [0.3, 0.4) is 0 Å². The first-order chi connectivity index (χ1) is 15.9. The van der Waals surface area contributed by atoms with Crippen molar-refractivity contribution in [3.05, 3.63) is 47.0 Å². The molecular weight excluding hydrogens is 443 g/mol. The normalized spacial score (nSPS) is 18.8. The van der Waals surface area contributed by atoms with Crippen LogP contribution >= 0.6 is 11.6 Å². The number of likely N-dealkylation sites (N-methyl/N-ethyl adjacent to an activating group) is 2. The number of piperazine rings is 1. The fourth-order valence-electron chi connectivity index (χ4n) is 5.22. The van der Waals surface area contributed by atoms with Gasteiger partial charge in [0.05, 0.1) is 34.3 Å². The van der Waals surface area contributed by atoms with Gasteiger partial charge in [0.1, 0.15) is 11.6 Å². The minimum Gasteiger partial charge on any atom is -0.355 e. The van der Waals surface area contributed by atoms with Crippen LogP contribution in [0.4, 0.5) is 15.8 Å². The van der Waals surface area contributed by atoms with E-state index in [0.29, 0.717) is 40.3 Å². The zero-order chi connectivity index (χ0) is 23.0. The smallest absolute Gasteiger partial charge is 0.250 e. The van der Waals surface area contributed by atoms with Crippen molar-refractivity contribution in [3.63, 3.8) is 0 Å². The van der Waals surface area contributed by atoms with Crippen molar-refractivity contribution in [1.82, 2.24) is 20.1 Å². The number of amides is 1. The lowest BCUT2D eigenvalue weighted by Crippen LogP contribution is -2.61. The second kappa shape index (κ2) is 7.13. The fraction of sp³-hybridized carbons (Fsp3) is 0.292. The highest BCUT2D eigenvalue weighted by atomic mass is 35.5. The van der Waals surface area contributed by atoms with Crippen LogP contribution in [-0.4, -0.2) is 65.8 Å². The van der Waals surface area contributed by atoms with Gasteiger partial charge < -0.3 is 14.7 Å². The Labute approximate surface area is 194 Å². The first-order valence-corrected chi connectivity index (χ1v) is 11.2. The number of halogens is 2. The molecule has 2 aromatic carbocycles. The summed E-state index contributed by atoms with van der Waals surface area (Å²) in [4.78, 5) is 23.3. The summed E-state index contributed by atoms with van der Waals surface area (Å²) in [5.41, 5.74) is 4.45. The van der Waals surface area contributed by atoms with E-state index in [2.05, 4.69) is 25.0 Å². The number of nitrogens with zero attached hydrogens (tertiary/aromatic N) is 5. The molecule has 0 saturated carbocycles. The van der Waals surface area contributed by atoms with Gasteiger partial charge in [-0.05, 0) is 31.7 Å². The molecule has 1 fully saturated rings. The second-order valence-corrected chi connectivity index (χ2v) is 9.30. The highest BCUT2D eigenvalue weighted by molar-refractivity contribution is 6.35. The minimum absolute atomic E-state index is 0.0145. The summed E-state index contributed by atoms with van der Waals surface area (Å²) in [7, 11) is 3.75. The van der Waals surface area contributed by atoms with E-state index in [1.807, 2.05) is 26.1 Å². The maximum atomic E-state index is 16.2. The quantitative estimate of drug-likeness (QED) is 0.461. The van der Waals surface area contributed by atoms with Gasteiger partial charge in [0, 0.05) is 48.6 Å². The van der Waals surface area contributed by atoms with E-state index in [1.165, 1.54) is 0 Å². The van der Waals surface area contributed by atoms with Crippen molar-refractivity contribution in [3.8, 4) is 11.1 Å². The Morgan fingerprint density at radius 2 is 1.97 bits per heavy atom. The van der Waals surface area contributed by atoms with Gasteiger partial charge in [-0.15, -0.1) is 0 Å². The maximum absolute atomic E-state index is 16.2. The average molecular weight is 465 g/mol. The first-order valence-electron chi connectivity index (χ1n) is 10.8. The molecule has 1 atom stereocenters. The number of carbonyl (C=O) groups excluding carboxylic acids is 1. The van der Waals surface area contributed by atoms with Gasteiger partial charge in [-0.3, -0.25) is 14.9 Å². The van der Waals surface area contributed by atoms with Crippen LogP contribution in [0.1, 0.15) is 5.56 Å². The lowest BCUT2D eigenvalue weighted by Gasteiger charge is -2.46. The summed E-state index contributed by atoms with van der Waals surface area (Å²) in [6.45, 7) is 4.02. The van der Waals surface area contributed by atoms with Crippen molar-refractivity contribution in [2.24, 2.45) is 0 Å². The van der Waals surface area contributed by atoms with Crippen molar-refractivity contribution < 1.29 is 9.18 Å². The van der Waals surface area contributed by atoms with E-state index in [9.17, 15) is 4.79 Å². The standard InChI is InChI=1S/C24H22ClFN6O/c1-12-4-5-16-14(9-28-29-16)19(12)20-15(25)8-13-22(21(20)26)27-10-17-23(13)32-7-6-30(2)11-18(32)24(33)31(17)3/h4-5,8-10,18H,6-7,11H2,1-3H3,(H,28,29)/t18-/m1/s1. The van der Waals surface area contributed by atoms with Crippen LogP contribution in [0.2, 0.25) is 5.02 Å². The predicted octanol–water partition coefficient (Wildman–Crippen LogP) is 3.98. The van der Waals surface area contributed by atoms with Gasteiger partial charge in [0.2, 0.25) is 0 Å². The summed E-state index contributed by atoms with van der Waals surface area (Å²) in [5.74, 6) is -0.456. The zero-order valence-electron chi connectivity index (χ0n) is 18.5. The summed E-state index contributed by atoms with van der Waals surface area (Å²) >= 11 is 6.78. The Morgan fingerprint density at radius 3 is 2.79 bits per heavy atom. The molecule has 1 saturated heterocycles. The molecule has 2 aliphatic rings. The third-order valence-corrected chi connectivity index (χ3v) is 7.23. The van der Waals surface area contributed by atoms with E-state index >= 15 is 4.39 Å². The van der Waals surface area contributed by atoms with Crippen molar-refractivity contribution >= 4 is 50.7 Å². The molecule has 9 heteroatoms. The molecule has 1 amide bonds. The molecule has 4 aromatic rings. The Kier molecular flexibility index (Phi) is 4.41. The van der Waals surface area contributed by atoms with Crippen LogP contribution in [-0.2, 0) is 4.79 Å². The summed E-state index contributed by atoms with van der Waals surface area (Å²) < 4.78 is 16.2. The number of aromatic amines is 1. The molecule has 2 aromatic heterocycles. The molecule has 0 spiro atoms. The molecule has 0 radical (unpaired) electrons. The Morgan fingerprint density at radius 1 is 1.15 bits per heavy atom. The highest BCUT2D eigenvalue weighted by Crippen LogP contribution is 2.46. The van der Waals surface area contributed by atoms with E-state index in [4.69, 9.17) is 11.6 Å². The number of carbonyl (C=O) groups is 1. The number of benzene rings is 2. The molecule has 2 aliphatic heterocycles. The molecule has 6 rings (SSSR count). The van der Waals surface area contributed by atoms with Gasteiger partial charge in [0.25, 0.3) is 5.91 Å². The molecule has 7 nitrogen and oxygen atoms in total. The number of nitrogens with one attached hydrogen (secondary N) is 1. The Balaban J connectivity index is 1.64. The Hall–Kier alpha value is -3.23. The molecule has 168 valence electrons. The van der Waals surface area contributed by atoms with Crippen molar-refractivity contribution in [2.45, 2.75) is 13.0 Å². The van der Waals surface area contributed by atoms with E-state index < -0.39 is 5.82 Å². The zero-order valence-corrected chi connectivity index (χ0v) is 19.2. The SMILES string of the molecule is Cc1ccc2[nH]ncc2c1-c1c(Cl)cc2c3c(cnc2c1F)N(C)C(=O)[C@H]1CN(C)CCN31. The van der Waals surface area contributed by atoms with Crippen LogP contribution < -0.4 is 9.80 Å². The van der Waals surface area contributed by atoms with E-state index in [0.717, 1.165) is 28.7 Å². The molecule has 1 N–H and O–H groups in total. The van der Waals surface area contributed by atoms with Gasteiger partial charge in [-0.1, -0.05) is 17.7 Å². The number of rotatable bonds is 1. The van der Waals surface area contributed by atoms with Crippen LogP contribution in [0.5, 0.6) is 0 Å². The second-order valence-electron chi connectivity index (χ2n) is 8.89. The fourth-order valence-corrected chi connectivity index (χ4v) is 5.50. The van der Waals surface area contributed by atoms with E-state index in [1.54, 1.807) is 30.4 Å². The summed E-state index contributed by atoms with van der Waals surface area (Å²) in [6.07, 6.45) is 3.28. The lowest BCUT2D eigenvalue weighted by atomic mass is 9.94. The number of pyridine rings is 1. The Bertz CT molecular complexity index is 1470. The van der Waals surface area contributed by atoms with Gasteiger partial charge in [0.15, 0.2) is 5.82 Å². The average Bonchev–Trinajstić information content (AvgIpc) is 3.27. The minimum atomic E-state index is -0.470. The molecule has 4 heterocycles. The number of H-pyrrole nitrogens is 1. The van der Waals surface area contributed by atoms with Gasteiger partial charge >= 0.3 is 0 Å². The number of hydrogen-bond donors (Lipinski definition) is 1. The third kappa shape index (κ3) is 2.80. The molecule has 0 aliphatic carbocycles. The number of fused-ring (bicyclic) bond motifs is 6. The van der Waals surface area contributed by atoms with E-state index in [-0.39, 0.29) is 17.5 Å². The third-order valence-electron chi connectivity index (χ3n) is 6.94. The van der Waals surface area contributed by atoms with Crippen LogP contribution in [0.25, 0.3) is 32.9 Å².